The van der Waals surface area contributed by atoms with Gasteiger partial charge in [-0.25, -0.2) is 9.59 Å². The number of rotatable bonds is 4. The van der Waals surface area contributed by atoms with Crippen molar-refractivity contribution in [1.82, 2.24) is 9.47 Å². The number of carboxylic acids is 1. The van der Waals surface area contributed by atoms with E-state index in [9.17, 15) is 14.7 Å². The van der Waals surface area contributed by atoms with Gasteiger partial charge in [-0.15, -0.1) is 12.3 Å². The first kappa shape index (κ1) is 19.0. The summed E-state index contributed by atoms with van der Waals surface area (Å²) in [5.74, 6) is 3.35. The Bertz CT molecular complexity index is 873. The third-order valence-electron chi connectivity index (χ3n) is 4.32. The van der Waals surface area contributed by atoms with Gasteiger partial charge in [0.05, 0.1) is 11.1 Å². The molecule has 6 heteroatoms. The number of terminal acetylenes is 1. The molecule has 1 aromatic rings. The summed E-state index contributed by atoms with van der Waals surface area (Å²) >= 11 is 0. The van der Waals surface area contributed by atoms with Gasteiger partial charge in [-0.1, -0.05) is 5.92 Å². The molecule has 0 aromatic carbocycles. The van der Waals surface area contributed by atoms with Crippen LogP contribution in [0.4, 0.5) is 0 Å². The van der Waals surface area contributed by atoms with Crippen molar-refractivity contribution in [1.29, 1.82) is 0 Å². The van der Waals surface area contributed by atoms with Gasteiger partial charge in [-0.05, 0) is 26.0 Å². The number of esters is 1. The predicted molar refractivity (Wildman–Crippen MR) is 96.2 cm³/mol. The second-order valence-corrected chi connectivity index (χ2v) is 5.77. The van der Waals surface area contributed by atoms with Crippen LogP contribution in [0.1, 0.15) is 32.7 Å². The first-order valence-electron chi connectivity index (χ1n) is 8.03. The number of aliphatic carboxylic acids is 1. The summed E-state index contributed by atoms with van der Waals surface area (Å²) in [4.78, 5) is 26.3. The molecule has 1 aromatic heterocycles. The Morgan fingerprint density at radius 2 is 1.81 bits per heavy atom. The molecule has 2 heterocycles. The highest BCUT2D eigenvalue weighted by Crippen LogP contribution is 2.38. The van der Waals surface area contributed by atoms with E-state index in [1.165, 1.54) is 0 Å². The second kappa shape index (κ2) is 8.13. The van der Waals surface area contributed by atoms with Crippen molar-refractivity contribution in [3.8, 4) is 24.4 Å². The Morgan fingerprint density at radius 3 is 2.38 bits per heavy atom. The summed E-state index contributed by atoms with van der Waals surface area (Å²) in [6.45, 7) is 3.46. The third kappa shape index (κ3) is 3.65. The van der Waals surface area contributed by atoms with Gasteiger partial charge >= 0.3 is 11.9 Å². The number of ether oxygens (including phenoxy) is 1. The third-order valence-corrected chi connectivity index (χ3v) is 4.32. The molecule has 0 amide bonds. The van der Waals surface area contributed by atoms with Crippen LogP contribution in [0.3, 0.4) is 0 Å². The van der Waals surface area contributed by atoms with E-state index in [2.05, 4.69) is 17.9 Å². The molecule has 6 nitrogen and oxygen atoms in total. The number of carboxylic acid groups (broad SMARTS) is 1. The van der Waals surface area contributed by atoms with E-state index in [4.69, 9.17) is 11.2 Å². The smallest absolute Gasteiger partial charge is 0.352 e. The SMILES string of the molecule is C#CCCC#COC(=O)C1=C(C)N(C)C(C)=C(C(=O)O)C1n1cccc1. The molecule has 1 unspecified atom stereocenters. The van der Waals surface area contributed by atoms with Crippen LogP contribution in [0.25, 0.3) is 0 Å². The average Bonchev–Trinajstić information content (AvgIpc) is 3.12. The fraction of sp³-hybridized carbons (Fsp3) is 0.300. The molecule has 0 radical (unpaired) electrons. The molecule has 0 bridgehead atoms. The molecule has 0 saturated carbocycles. The number of hydrogen-bond donors (Lipinski definition) is 1. The zero-order valence-electron chi connectivity index (χ0n) is 14.9. The topological polar surface area (TPSA) is 71.8 Å². The van der Waals surface area contributed by atoms with Gasteiger partial charge in [-0.2, -0.15) is 0 Å². The molecule has 134 valence electrons. The summed E-state index contributed by atoms with van der Waals surface area (Å²) in [5.41, 5.74) is 1.52. The summed E-state index contributed by atoms with van der Waals surface area (Å²) in [6.07, 6.45) is 11.8. The van der Waals surface area contributed by atoms with E-state index in [1.54, 1.807) is 54.9 Å². The molecule has 1 aliphatic rings. The van der Waals surface area contributed by atoms with E-state index in [-0.39, 0.29) is 11.1 Å². The number of unbranched alkanes of at least 4 members (excludes halogenated alkanes) is 1. The first-order valence-corrected chi connectivity index (χ1v) is 8.03. The molecule has 0 fully saturated rings. The van der Waals surface area contributed by atoms with Gasteiger partial charge in [0.15, 0.2) is 0 Å². The summed E-state index contributed by atoms with van der Waals surface area (Å²) in [5, 5.41) is 9.74. The van der Waals surface area contributed by atoms with Gasteiger partial charge in [0.2, 0.25) is 0 Å². The molecule has 26 heavy (non-hydrogen) atoms. The van der Waals surface area contributed by atoms with Crippen LogP contribution < -0.4 is 0 Å². The number of nitrogens with zero attached hydrogens (tertiary/aromatic N) is 2. The lowest BCUT2D eigenvalue weighted by Gasteiger charge is -2.35. The van der Waals surface area contributed by atoms with E-state index >= 15 is 0 Å². The predicted octanol–water partition coefficient (Wildman–Crippen LogP) is 2.52. The molecular weight excluding hydrogens is 332 g/mol. The molecule has 1 aliphatic heterocycles. The van der Waals surface area contributed by atoms with Crippen LogP contribution in [0, 0.1) is 24.4 Å². The van der Waals surface area contributed by atoms with E-state index < -0.39 is 18.0 Å². The Hall–Kier alpha value is -3.38. The van der Waals surface area contributed by atoms with Gasteiger partial charge in [0, 0.05) is 43.7 Å². The normalized spacial score (nSPS) is 16.7. The number of hydrogen-bond acceptors (Lipinski definition) is 4. The monoisotopic (exact) mass is 352 g/mol. The van der Waals surface area contributed by atoms with Crippen molar-refractivity contribution < 1.29 is 19.4 Å². The number of aromatic nitrogens is 1. The highest BCUT2D eigenvalue weighted by atomic mass is 16.5. The Labute approximate surface area is 152 Å². The lowest BCUT2D eigenvalue weighted by molar-refractivity contribution is -0.134. The Kier molecular flexibility index (Phi) is 5.93. The minimum atomic E-state index is -1.09. The maximum Gasteiger partial charge on any atom is 0.352 e. The van der Waals surface area contributed by atoms with Gasteiger partial charge in [-0.3, -0.25) is 0 Å². The van der Waals surface area contributed by atoms with E-state index in [0.717, 1.165) is 0 Å². The molecule has 1 N–H and O–H groups in total. The minimum absolute atomic E-state index is 0.113. The van der Waals surface area contributed by atoms with Gasteiger partial charge < -0.3 is 19.3 Å². The lowest BCUT2D eigenvalue weighted by atomic mass is 9.91. The van der Waals surface area contributed by atoms with Crippen LogP contribution in [0.2, 0.25) is 0 Å². The van der Waals surface area contributed by atoms with Gasteiger partial charge in [0.1, 0.15) is 12.1 Å². The van der Waals surface area contributed by atoms with Gasteiger partial charge in [0.25, 0.3) is 0 Å². The second-order valence-electron chi connectivity index (χ2n) is 5.77. The van der Waals surface area contributed by atoms with Crippen molar-refractivity contribution in [3.05, 3.63) is 47.1 Å². The largest absolute Gasteiger partial charge is 0.478 e. The summed E-state index contributed by atoms with van der Waals surface area (Å²) in [7, 11) is 1.71. The molecular formula is C20H20N2O4. The molecule has 0 spiro atoms. The standard InChI is InChI=1S/C20H20N2O4/c1-5-6-7-10-13-26-20(25)17-15(3)21(4)14(2)16(19(23)24)18(17)22-11-8-9-12-22/h1,8-9,11-12,18H,6-7H2,2-4H3,(H,23,24). The molecule has 0 saturated heterocycles. The lowest BCUT2D eigenvalue weighted by Crippen LogP contribution is -2.34. The van der Waals surface area contributed by atoms with Crippen molar-refractivity contribution >= 4 is 11.9 Å². The molecule has 1 atom stereocenters. The number of allylic oxidation sites excluding steroid dienone is 2. The van der Waals surface area contributed by atoms with E-state index in [1.807, 2.05) is 0 Å². The van der Waals surface area contributed by atoms with Crippen molar-refractivity contribution in [2.75, 3.05) is 7.05 Å². The van der Waals surface area contributed by atoms with Crippen molar-refractivity contribution in [2.24, 2.45) is 0 Å². The van der Waals surface area contributed by atoms with Crippen LogP contribution in [0.15, 0.2) is 47.1 Å². The zero-order valence-corrected chi connectivity index (χ0v) is 14.9. The first-order chi connectivity index (χ1) is 12.4. The fourth-order valence-electron chi connectivity index (χ4n) is 2.83. The van der Waals surface area contributed by atoms with E-state index in [0.29, 0.717) is 24.2 Å². The molecule has 2 rings (SSSR count). The fourth-order valence-corrected chi connectivity index (χ4v) is 2.83. The van der Waals surface area contributed by atoms with Crippen LogP contribution in [-0.2, 0) is 14.3 Å². The Morgan fingerprint density at radius 1 is 1.19 bits per heavy atom. The zero-order chi connectivity index (χ0) is 19.3. The number of carbonyl (C=O) groups is 2. The summed E-state index contributed by atoms with van der Waals surface area (Å²) in [6, 6.07) is 2.74. The van der Waals surface area contributed by atoms with Crippen LogP contribution in [-0.4, -0.2) is 33.6 Å². The maximum atomic E-state index is 12.7. The van der Waals surface area contributed by atoms with Crippen LogP contribution >= 0.6 is 0 Å². The van der Waals surface area contributed by atoms with Crippen molar-refractivity contribution in [2.45, 2.75) is 32.7 Å². The highest BCUT2D eigenvalue weighted by molar-refractivity contribution is 5.98. The highest BCUT2D eigenvalue weighted by Gasteiger charge is 2.38. The summed E-state index contributed by atoms with van der Waals surface area (Å²) < 4.78 is 6.73. The van der Waals surface area contributed by atoms with Crippen LogP contribution in [0.5, 0.6) is 0 Å². The number of carbonyl (C=O) groups excluding carboxylic acids is 1. The van der Waals surface area contributed by atoms with Crippen molar-refractivity contribution in [3.63, 3.8) is 0 Å². The average molecular weight is 352 g/mol. The minimum Gasteiger partial charge on any atom is -0.478 e. The Balaban J connectivity index is 2.46. The maximum absolute atomic E-state index is 12.7. The quantitative estimate of drug-likeness (QED) is 0.512. The molecule has 0 aliphatic carbocycles.